The van der Waals surface area contributed by atoms with Crippen LogP contribution in [0.4, 0.5) is 0 Å². The molecule has 26 heavy (non-hydrogen) atoms. The van der Waals surface area contributed by atoms with E-state index in [2.05, 4.69) is 10.6 Å². The van der Waals surface area contributed by atoms with Crippen LogP contribution < -0.4 is 10.6 Å². The van der Waals surface area contributed by atoms with Crippen molar-refractivity contribution < 1.29 is 9.59 Å². The van der Waals surface area contributed by atoms with Gasteiger partial charge in [0.25, 0.3) is 11.8 Å². The summed E-state index contributed by atoms with van der Waals surface area (Å²) in [4.78, 5) is 25.0. The van der Waals surface area contributed by atoms with Gasteiger partial charge in [-0.15, -0.1) is 0 Å². The standard InChI is InChI=1S/C22H24N2O2/c1-3-11-23-21(25)17-9-5-7-15-13-16-8-6-10-18(20(16)14-19(15)17)22(26)24-12-4-2/h5-10,13-14H,3-4,11-12H2,1-2H3,(H,23,25)(H,24,26). The van der Waals surface area contributed by atoms with Crippen molar-refractivity contribution in [2.24, 2.45) is 0 Å². The molecule has 3 aromatic rings. The largest absolute Gasteiger partial charge is 0.352 e. The first kappa shape index (κ1) is 17.9. The Morgan fingerprint density at radius 1 is 0.731 bits per heavy atom. The van der Waals surface area contributed by atoms with E-state index in [4.69, 9.17) is 0 Å². The van der Waals surface area contributed by atoms with Crippen LogP contribution in [0, 0.1) is 0 Å². The van der Waals surface area contributed by atoms with Crippen molar-refractivity contribution in [1.29, 1.82) is 0 Å². The maximum absolute atomic E-state index is 12.5. The van der Waals surface area contributed by atoms with Crippen molar-refractivity contribution in [2.75, 3.05) is 13.1 Å². The predicted octanol–water partition coefficient (Wildman–Crippen LogP) is 4.27. The minimum atomic E-state index is -0.0790. The molecule has 0 atom stereocenters. The van der Waals surface area contributed by atoms with E-state index in [0.717, 1.165) is 34.4 Å². The van der Waals surface area contributed by atoms with Crippen LogP contribution in [-0.2, 0) is 0 Å². The summed E-state index contributed by atoms with van der Waals surface area (Å²) in [5.41, 5.74) is 1.28. The molecule has 2 amide bonds. The van der Waals surface area contributed by atoms with Crippen LogP contribution in [0.2, 0.25) is 0 Å². The average Bonchev–Trinajstić information content (AvgIpc) is 2.67. The smallest absolute Gasteiger partial charge is 0.251 e. The van der Waals surface area contributed by atoms with Crippen molar-refractivity contribution in [2.45, 2.75) is 26.7 Å². The number of nitrogens with one attached hydrogen (secondary N) is 2. The minimum Gasteiger partial charge on any atom is -0.352 e. The second-order valence-corrected chi connectivity index (χ2v) is 6.42. The molecule has 3 rings (SSSR count). The summed E-state index contributed by atoms with van der Waals surface area (Å²) in [6.45, 7) is 5.34. The molecule has 4 heteroatoms. The van der Waals surface area contributed by atoms with Crippen LogP contribution >= 0.6 is 0 Å². The van der Waals surface area contributed by atoms with Gasteiger partial charge in [0.2, 0.25) is 0 Å². The molecule has 0 bridgehead atoms. The van der Waals surface area contributed by atoms with Crippen LogP contribution in [0.5, 0.6) is 0 Å². The van der Waals surface area contributed by atoms with E-state index < -0.39 is 0 Å². The van der Waals surface area contributed by atoms with Gasteiger partial charge in [0.1, 0.15) is 0 Å². The summed E-state index contributed by atoms with van der Waals surface area (Å²) in [5.74, 6) is -0.158. The van der Waals surface area contributed by atoms with Crippen LogP contribution in [0.1, 0.15) is 47.4 Å². The predicted molar refractivity (Wildman–Crippen MR) is 107 cm³/mol. The molecule has 0 fully saturated rings. The summed E-state index contributed by atoms with van der Waals surface area (Å²) >= 11 is 0. The average molecular weight is 348 g/mol. The van der Waals surface area contributed by atoms with Gasteiger partial charge in [-0.3, -0.25) is 9.59 Å². The Morgan fingerprint density at radius 3 is 1.62 bits per heavy atom. The Kier molecular flexibility index (Phi) is 5.52. The van der Waals surface area contributed by atoms with Crippen molar-refractivity contribution in [3.63, 3.8) is 0 Å². The molecule has 134 valence electrons. The maximum atomic E-state index is 12.5. The fraction of sp³-hybridized carbons (Fsp3) is 0.273. The Labute approximate surface area is 153 Å². The molecule has 0 aliphatic carbocycles. The fourth-order valence-electron chi connectivity index (χ4n) is 3.12. The lowest BCUT2D eigenvalue weighted by atomic mass is 9.96. The van der Waals surface area contributed by atoms with Gasteiger partial charge in [-0.25, -0.2) is 0 Å². The lowest BCUT2D eigenvalue weighted by Crippen LogP contribution is -2.24. The van der Waals surface area contributed by atoms with E-state index in [-0.39, 0.29) is 11.8 Å². The van der Waals surface area contributed by atoms with Crippen molar-refractivity contribution in [1.82, 2.24) is 10.6 Å². The van der Waals surface area contributed by atoms with Gasteiger partial charge in [-0.1, -0.05) is 38.1 Å². The zero-order valence-electron chi connectivity index (χ0n) is 15.3. The molecule has 0 aromatic heterocycles. The number of benzene rings is 3. The molecule has 0 spiro atoms. The Hall–Kier alpha value is -2.88. The van der Waals surface area contributed by atoms with Crippen LogP contribution in [-0.4, -0.2) is 24.9 Å². The highest BCUT2D eigenvalue weighted by atomic mass is 16.2. The van der Waals surface area contributed by atoms with E-state index in [1.807, 2.05) is 62.4 Å². The molecule has 3 aromatic carbocycles. The van der Waals surface area contributed by atoms with E-state index in [0.29, 0.717) is 24.2 Å². The zero-order chi connectivity index (χ0) is 18.5. The highest BCUT2D eigenvalue weighted by molar-refractivity contribution is 6.14. The number of carbonyl (C=O) groups excluding carboxylic acids is 2. The van der Waals surface area contributed by atoms with Gasteiger partial charge < -0.3 is 10.6 Å². The van der Waals surface area contributed by atoms with E-state index in [1.54, 1.807) is 0 Å². The molecule has 0 saturated carbocycles. The van der Waals surface area contributed by atoms with Crippen molar-refractivity contribution in [3.8, 4) is 0 Å². The second-order valence-electron chi connectivity index (χ2n) is 6.42. The van der Waals surface area contributed by atoms with Crippen LogP contribution in [0.15, 0.2) is 48.5 Å². The highest BCUT2D eigenvalue weighted by Gasteiger charge is 2.14. The summed E-state index contributed by atoms with van der Waals surface area (Å²) in [5, 5.41) is 9.59. The van der Waals surface area contributed by atoms with Gasteiger partial charge in [-0.05, 0) is 58.7 Å². The fourth-order valence-corrected chi connectivity index (χ4v) is 3.12. The van der Waals surface area contributed by atoms with E-state index in [1.165, 1.54) is 0 Å². The number of hydrogen-bond acceptors (Lipinski definition) is 2. The molecule has 0 radical (unpaired) electrons. The number of hydrogen-bond donors (Lipinski definition) is 2. The molecular formula is C22H24N2O2. The normalized spacial score (nSPS) is 10.8. The van der Waals surface area contributed by atoms with E-state index in [9.17, 15) is 9.59 Å². The second kappa shape index (κ2) is 8.00. The molecule has 0 saturated heterocycles. The molecule has 0 aliphatic rings. The van der Waals surface area contributed by atoms with Gasteiger partial charge in [0.05, 0.1) is 0 Å². The van der Waals surface area contributed by atoms with Gasteiger partial charge in [0, 0.05) is 24.2 Å². The third-order valence-electron chi connectivity index (χ3n) is 4.44. The topological polar surface area (TPSA) is 58.2 Å². The Balaban J connectivity index is 2.14. The SMILES string of the molecule is CCCNC(=O)c1cccc2cc3cccc(C(=O)NCCC)c3cc12. The van der Waals surface area contributed by atoms with Crippen LogP contribution in [0.3, 0.4) is 0 Å². The number of fused-ring (bicyclic) bond motifs is 2. The van der Waals surface area contributed by atoms with Crippen LogP contribution in [0.25, 0.3) is 21.5 Å². The van der Waals surface area contributed by atoms with Crippen molar-refractivity contribution >= 4 is 33.4 Å². The van der Waals surface area contributed by atoms with Gasteiger partial charge >= 0.3 is 0 Å². The van der Waals surface area contributed by atoms with E-state index >= 15 is 0 Å². The molecule has 0 unspecified atom stereocenters. The first-order chi connectivity index (χ1) is 12.7. The molecule has 2 N–H and O–H groups in total. The minimum absolute atomic E-state index is 0.0790. The van der Waals surface area contributed by atoms with Gasteiger partial charge in [0.15, 0.2) is 0 Å². The third kappa shape index (κ3) is 3.54. The number of amides is 2. The Morgan fingerprint density at radius 2 is 1.19 bits per heavy atom. The first-order valence-electron chi connectivity index (χ1n) is 9.17. The van der Waals surface area contributed by atoms with Crippen molar-refractivity contribution in [3.05, 3.63) is 59.7 Å². The third-order valence-corrected chi connectivity index (χ3v) is 4.44. The first-order valence-corrected chi connectivity index (χ1v) is 9.17. The monoisotopic (exact) mass is 348 g/mol. The summed E-state index contributed by atoms with van der Waals surface area (Å²) < 4.78 is 0. The zero-order valence-corrected chi connectivity index (χ0v) is 15.3. The summed E-state index contributed by atoms with van der Waals surface area (Å²) in [6, 6.07) is 15.5. The van der Waals surface area contributed by atoms with Gasteiger partial charge in [-0.2, -0.15) is 0 Å². The lowest BCUT2D eigenvalue weighted by Gasteiger charge is -2.11. The molecule has 4 nitrogen and oxygen atoms in total. The quantitative estimate of drug-likeness (QED) is 0.654. The summed E-state index contributed by atoms with van der Waals surface area (Å²) in [7, 11) is 0. The number of carbonyl (C=O) groups is 2. The molecule has 0 heterocycles. The summed E-state index contributed by atoms with van der Waals surface area (Å²) in [6.07, 6.45) is 1.78. The maximum Gasteiger partial charge on any atom is 0.251 e. The number of rotatable bonds is 6. The molecular weight excluding hydrogens is 324 g/mol. The molecule has 0 aliphatic heterocycles. The highest BCUT2D eigenvalue weighted by Crippen LogP contribution is 2.28. The Bertz CT molecular complexity index is 888. The lowest BCUT2D eigenvalue weighted by molar-refractivity contribution is 0.0947.